The molecule has 2 aromatic rings. The Morgan fingerprint density at radius 1 is 1.06 bits per heavy atom. The summed E-state index contributed by atoms with van der Waals surface area (Å²) >= 11 is 0. The molecule has 0 heterocycles. The molecule has 0 amide bonds. The minimum Gasteiger partial charge on any atom is -0.716 e. The lowest BCUT2D eigenvalue weighted by Gasteiger charge is -2.11. The Morgan fingerprint density at radius 3 is 2.22 bits per heavy atom. The molecule has 0 unspecified atom stereocenters. The van der Waals surface area contributed by atoms with Gasteiger partial charge in [0.15, 0.2) is 0 Å². The van der Waals surface area contributed by atoms with Crippen molar-refractivity contribution in [2.45, 2.75) is 0 Å². The second-order valence-electron chi connectivity index (χ2n) is 3.38. The van der Waals surface area contributed by atoms with Gasteiger partial charge in [-0.05, 0) is 12.1 Å². The second kappa shape index (κ2) is 4.24. The lowest BCUT2D eigenvalue weighted by molar-refractivity contribution is -0.383. The molecule has 0 atom stereocenters. The normalized spacial score (nSPS) is 11.4. The zero-order chi connectivity index (χ0) is 13.3. The van der Waals surface area contributed by atoms with E-state index in [1.54, 1.807) is 12.1 Å². The summed E-state index contributed by atoms with van der Waals surface area (Å²) in [6.45, 7) is 0. The Hall–Kier alpha value is -2.19. The van der Waals surface area contributed by atoms with Gasteiger partial charge < -0.3 is 8.74 Å². The summed E-state index contributed by atoms with van der Waals surface area (Å²) in [5, 5.41) is 11.2. The Morgan fingerprint density at radius 2 is 1.67 bits per heavy atom. The van der Waals surface area contributed by atoms with Gasteiger partial charge in [-0.3, -0.25) is 10.1 Å². The molecule has 0 N–H and O–H groups in total. The van der Waals surface area contributed by atoms with Gasteiger partial charge in [0.25, 0.3) is 16.1 Å². The van der Waals surface area contributed by atoms with Crippen LogP contribution in [-0.4, -0.2) is 17.9 Å². The molecule has 0 aromatic heterocycles. The molecule has 8 heteroatoms. The fraction of sp³-hybridized carbons (Fsp3) is 0. The van der Waals surface area contributed by atoms with Crippen LogP contribution in [0.2, 0.25) is 0 Å². The standard InChI is InChI=1S/C10H7NO6S/c12-11(13)9-5-6-10(17-18(14,15)16)8-4-2-1-3-7(8)9/h1-6H,(H,14,15,16)/p-1. The SMILES string of the molecule is O=[N+]([O-])c1ccc(OS(=O)(=O)[O-])c2ccccc12. The van der Waals surface area contributed by atoms with Crippen LogP contribution in [0.4, 0.5) is 5.69 Å². The number of non-ortho nitro benzene ring substituents is 1. The van der Waals surface area contributed by atoms with Gasteiger partial charge in [-0.15, -0.1) is 0 Å². The summed E-state index contributed by atoms with van der Waals surface area (Å²) in [6.07, 6.45) is 0. The number of nitrogens with zero attached hydrogens (tertiary/aromatic N) is 1. The fourth-order valence-corrected chi connectivity index (χ4v) is 1.96. The first-order valence-electron chi connectivity index (χ1n) is 4.70. The van der Waals surface area contributed by atoms with Crippen LogP contribution in [-0.2, 0) is 10.4 Å². The van der Waals surface area contributed by atoms with E-state index in [1.165, 1.54) is 12.1 Å². The number of benzene rings is 2. The first kappa shape index (κ1) is 12.3. The van der Waals surface area contributed by atoms with Gasteiger partial charge >= 0.3 is 0 Å². The molecule has 0 bridgehead atoms. The minimum atomic E-state index is -4.92. The van der Waals surface area contributed by atoms with Crippen LogP contribution >= 0.6 is 0 Å². The van der Waals surface area contributed by atoms with Crippen LogP contribution in [0.15, 0.2) is 36.4 Å². The van der Waals surface area contributed by atoms with Crippen molar-refractivity contribution in [3.63, 3.8) is 0 Å². The topological polar surface area (TPSA) is 110 Å². The highest BCUT2D eigenvalue weighted by Gasteiger charge is 2.15. The quantitative estimate of drug-likeness (QED) is 0.362. The van der Waals surface area contributed by atoms with Crippen molar-refractivity contribution in [3.05, 3.63) is 46.5 Å². The minimum absolute atomic E-state index is 0.186. The Bertz CT molecular complexity index is 724. The molecule has 94 valence electrons. The average molecular weight is 268 g/mol. The van der Waals surface area contributed by atoms with Crippen molar-refractivity contribution in [1.82, 2.24) is 0 Å². The second-order valence-corrected chi connectivity index (χ2v) is 4.36. The molecule has 0 aliphatic carbocycles. The molecule has 2 rings (SSSR count). The van der Waals surface area contributed by atoms with Crippen LogP contribution < -0.4 is 4.18 Å². The molecule has 2 aromatic carbocycles. The summed E-state index contributed by atoms with van der Waals surface area (Å²) in [5.41, 5.74) is -0.193. The maximum absolute atomic E-state index is 10.8. The largest absolute Gasteiger partial charge is 0.716 e. The van der Waals surface area contributed by atoms with E-state index in [0.29, 0.717) is 0 Å². The molecule has 0 spiro atoms. The predicted molar refractivity (Wildman–Crippen MR) is 60.9 cm³/mol. The van der Waals surface area contributed by atoms with Crippen molar-refractivity contribution < 1.29 is 22.1 Å². The number of nitro groups is 1. The van der Waals surface area contributed by atoms with Crippen molar-refractivity contribution in [1.29, 1.82) is 0 Å². The van der Waals surface area contributed by atoms with E-state index in [4.69, 9.17) is 0 Å². The molecule has 0 saturated carbocycles. The van der Waals surface area contributed by atoms with Crippen molar-refractivity contribution >= 4 is 26.9 Å². The highest BCUT2D eigenvalue weighted by atomic mass is 32.3. The fourth-order valence-electron chi connectivity index (χ4n) is 1.60. The van der Waals surface area contributed by atoms with Gasteiger partial charge in [0.05, 0.1) is 10.3 Å². The van der Waals surface area contributed by atoms with E-state index in [9.17, 15) is 23.1 Å². The van der Waals surface area contributed by atoms with E-state index in [1.807, 2.05) is 0 Å². The smallest absolute Gasteiger partial charge is 0.277 e. The molecular formula is C10H6NO6S-. The molecule has 0 radical (unpaired) electrons. The first-order chi connectivity index (χ1) is 8.38. The number of rotatable bonds is 3. The lowest BCUT2D eigenvalue weighted by atomic mass is 10.1. The predicted octanol–water partition coefficient (Wildman–Crippen LogP) is 1.59. The lowest BCUT2D eigenvalue weighted by Crippen LogP contribution is -2.07. The molecular weight excluding hydrogens is 262 g/mol. The van der Waals surface area contributed by atoms with Crippen molar-refractivity contribution in [3.8, 4) is 5.75 Å². The summed E-state index contributed by atoms with van der Waals surface area (Å²) in [4.78, 5) is 10.2. The van der Waals surface area contributed by atoms with Crippen LogP contribution in [0.5, 0.6) is 5.75 Å². The molecule has 0 aliphatic rings. The maximum Gasteiger partial charge on any atom is 0.277 e. The van der Waals surface area contributed by atoms with Gasteiger partial charge in [-0.1, -0.05) is 18.2 Å². The van der Waals surface area contributed by atoms with Gasteiger partial charge in [-0.25, -0.2) is 8.42 Å². The van der Waals surface area contributed by atoms with Crippen LogP contribution in [0.25, 0.3) is 10.8 Å². The molecule has 7 nitrogen and oxygen atoms in total. The van der Waals surface area contributed by atoms with Gasteiger partial charge in [0.1, 0.15) is 5.75 Å². The van der Waals surface area contributed by atoms with Crippen LogP contribution in [0.1, 0.15) is 0 Å². The number of nitro benzene ring substituents is 1. The van der Waals surface area contributed by atoms with Crippen LogP contribution in [0.3, 0.4) is 0 Å². The third-order valence-electron chi connectivity index (χ3n) is 2.25. The third kappa shape index (κ3) is 2.39. The van der Waals surface area contributed by atoms with E-state index in [2.05, 4.69) is 4.18 Å². The van der Waals surface area contributed by atoms with Gasteiger partial charge in [-0.2, -0.15) is 0 Å². The highest BCUT2D eigenvalue weighted by Crippen LogP contribution is 2.33. The van der Waals surface area contributed by atoms with Crippen molar-refractivity contribution in [2.24, 2.45) is 0 Å². The molecule has 18 heavy (non-hydrogen) atoms. The molecule has 0 fully saturated rings. The van der Waals surface area contributed by atoms with E-state index < -0.39 is 15.3 Å². The zero-order valence-electron chi connectivity index (χ0n) is 8.77. The van der Waals surface area contributed by atoms with Gasteiger partial charge in [0.2, 0.25) is 0 Å². The monoisotopic (exact) mass is 268 g/mol. The summed E-state index contributed by atoms with van der Waals surface area (Å²) in [7, 11) is -4.92. The molecule has 0 saturated heterocycles. The number of hydrogen-bond acceptors (Lipinski definition) is 6. The zero-order valence-corrected chi connectivity index (χ0v) is 9.59. The van der Waals surface area contributed by atoms with E-state index >= 15 is 0 Å². The average Bonchev–Trinajstić information content (AvgIpc) is 2.27. The Balaban J connectivity index is 2.72. The first-order valence-corrected chi connectivity index (χ1v) is 6.03. The molecule has 0 aliphatic heterocycles. The summed E-state index contributed by atoms with van der Waals surface area (Å²) in [6, 6.07) is 8.15. The summed E-state index contributed by atoms with van der Waals surface area (Å²) in [5.74, 6) is -0.230. The Kier molecular flexibility index (Phi) is 2.89. The van der Waals surface area contributed by atoms with Crippen molar-refractivity contribution in [2.75, 3.05) is 0 Å². The third-order valence-corrected chi connectivity index (χ3v) is 2.63. The van der Waals surface area contributed by atoms with E-state index in [0.717, 1.165) is 12.1 Å². The van der Waals surface area contributed by atoms with Crippen LogP contribution in [0, 0.1) is 10.1 Å². The van der Waals surface area contributed by atoms with E-state index in [-0.39, 0.29) is 22.2 Å². The highest BCUT2D eigenvalue weighted by molar-refractivity contribution is 7.81. The number of fused-ring (bicyclic) bond motifs is 1. The summed E-state index contributed by atoms with van der Waals surface area (Å²) < 4.78 is 35.9. The maximum atomic E-state index is 10.8. The Labute approximate surface area is 102 Å². The number of hydrogen-bond donors (Lipinski definition) is 0. The van der Waals surface area contributed by atoms with Gasteiger partial charge in [0, 0.05) is 11.5 Å².